The van der Waals surface area contributed by atoms with Gasteiger partial charge in [-0.15, -0.1) is 0 Å². The van der Waals surface area contributed by atoms with Crippen molar-refractivity contribution in [1.82, 2.24) is 20.6 Å². The Hall–Kier alpha value is -1.69. The van der Waals surface area contributed by atoms with E-state index >= 15 is 0 Å². The zero-order chi connectivity index (χ0) is 16.7. The van der Waals surface area contributed by atoms with E-state index in [0.29, 0.717) is 30.9 Å². The molecule has 1 heterocycles. The fourth-order valence-electron chi connectivity index (χ4n) is 3.21. The van der Waals surface area contributed by atoms with Crippen molar-refractivity contribution in [3.63, 3.8) is 0 Å². The summed E-state index contributed by atoms with van der Waals surface area (Å²) in [5.41, 5.74) is 2.01. The van der Waals surface area contributed by atoms with Gasteiger partial charge in [-0.1, -0.05) is 12.8 Å². The molecular weight excluding hydrogens is 292 g/mol. The molecule has 128 valence electrons. The minimum absolute atomic E-state index is 0.162. The maximum Gasteiger partial charge on any atom is 0.316 e. The zero-order valence-electron chi connectivity index (χ0n) is 14.4. The molecule has 6 heteroatoms. The van der Waals surface area contributed by atoms with Gasteiger partial charge in [-0.25, -0.2) is 9.97 Å². The molecule has 0 aromatic carbocycles. The lowest BCUT2D eigenvalue weighted by Gasteiger charge is -2.32. The van der Waals surface area contributed by atoms with E-state index in [4.69, 9.17) is 4.74 Å². The minimum atomic E-state index is 0.162. The number of nitrogens with one attached hydrogen (secondary N) is 2. The standard InChI is InChI=1S/C17H28N4O2/c1-4-18-16(22)9-13-7-5-6-8-15(13)19-10-14-11-20-17(23-3)21-12(14)2/h11,13,15,19H,4-10H2,1-3H3,(H,18,22)/t13-,15-/m0/s1. The van der Waals surface area contributed by atoms with Crippen molar-refractivity contribution in [2.45, 2.75) is 58.5 Å². The van der Waals surface area contributed by atoms with Crippen LogP contribution in [0, 0.1) is 12.8 Å². The van der Waals surface area contributed by atoms with Crippen molar-refractivity contribution >= 4 is 5.91 Å². The predicted molar refractivity (Wildman–Crippen MR) is 89.2 cm³/mol. The van der Waals surface area contributed by atoms with Crippen LogP contribution in [-0.4, -0.2) is 35.6 Å². The Morgan fingerprint density at radius 1 is 1.39 bits per heavy atom. The Bertz CT molecular complexity index is 521. The second kappa shape index (κ2) is 8.82. The summed E-state index contributed by atoms with van der Waals surface area (Å²) in [6, 6.07) is 0.783. The Morgan fingerprint density at radius 2 is 2.17 bits per heavy atom. The van der Waals surface area contributed by atoms with Crippen LogP contribution in [0.1, 0.15) is 50.3 Å². The fourth-order valence-corrected chi connectivity index (χ4v) is 3.21. The van der Waals surface area contributed by atoms with E-state index in [2.05, 4.69) is 20.6 Å². The van der Waals surface area contributed by atoms with Gasteiger partial charge in [0, 0.05) is 43.0 Å². The van der Waals surface area contributed by atoms with Crippen molar-refractivity contribution in [3.8, 4) is 6.01 Å². The van der Waals surface area contributed by atoms with Crippen molar-refractivity contribution in [2.75, 3.05) is 13.7 Å². The molecule has 0 spiro atoms. The quantitative estimate of drug-likeness (QED) is 0.803. The molecule has 2 rings (SSSR count). The number of ether oxygens (including phenoxy) is 1. The average Bonchev–Trinajstić information content (AvgIpc) is 2.55. The molecule has 23 heavy (non-hydrogen) atoms. The third kappa shape index (κ3) is 5.16. The largest absolute Gasteiger partial charge is 0.467 e. The third-order valence-corrected chi connectivity index (χ3v) is 4.53. The molecule has 2 atom stereocenters. The minimum Gasteiger partial charge on any atom is -0.467 e. The van der Waals surface area contributed by atoms with E-state index in [1.54, 1.807) is 7.11 Å². The first-order chi connectivity index (χ1) is 11.1. The second-order valence-corrected chi connectivity index (χ2v) is 6.16. The summed E-state index contributed by atoms with van der Waals surface area (Å²) in [6.45, 7) is 5.35. The highest BCUT2D eigenvalue weighted by Gasteiger charge is 2.26. The van der Waals surface area contributed by atoms with E-state index in [0.717, 1.165) is 30.6 Å². The van der Waals surface area contributed by atoms with Crippen LogP contribution in [0.5, 0.6) is 6.01 Å². The van der Waals surface area contributed by atoms with Crippen LogP contribution in [0.3, 0.4) is 0 Å². The maximum absolute atomic E-state index is 11.9. The van der Waals surface area contributed by atoms with E-state index in [9.17, 15) is 4.79 Å². The first-order valence-electron chi connectivity index (χ1n) is 8.50. The molecule has 0 bridgehead atoms. The summed E-state index contributed by atoms with van der Waals surface area (Å²) in [5, 5.41) is 6.52. The first kappa shape index (κ1) is 17.7. The number of aryl methyl sites for hydroxylation is 1. The molecule has 0 radical (unpaired) electrons. The first-order valence-corrected chi connectivity index (χ1v) is 8.50. The summed E-state index contributed by atoms with van der Waals surface area (Å²) in [4.78, 5) is 20.4. The number of hydrogen-bond acceptors (Lipinski definition) is 5. The van der Waals surface area contributed by atoms with Crippen LogP contribution in [0.2, 0.25) is 0 Å². The van der Waals surface area contributed by atoms with E-state index in [-0.39, 0.29) is 5.91 Å². The van der Waals surface area contributed by atoms with Gasteiger partial charge in [-0.2, -0.15) is 0 Å². The molecule has 6 nitrogen and oxygen atoms in total. The molecule has 1 saturated carbocycles. The Kier molecular flexibility index (Phi) is 6.77. The molecule has 2 N–H and O–H groups in total. The van der Waals surface area contributed by atoms with Gasteiger partial charge >= 0.3 is 6.01 Å². The van der Waals surface area contributed by atoms with Gasteiger partial charge in [0.2, 0.25) is 5.91 Å². The fraction of sp³-hybridized carbons (Fsp3) is 0.706. The van der Waals surface area contributed by atoms with Crippen molar-refractivity contribution in [2.24, 2.45) is 5.92 Å². The normalized spacial score (nSPS) is 21.0. The summed E-state index contributed by atoms with van der Waals surface area (Å²) in [6.07, 6.45) is 7.11. The molecule has 1 amide bonds. The zero-order valence-corrected chi connectivity index (χ0v) is 14.4. The van der Waals surface area contributed by atoms with Crippen LogP contribution in [-0.2, 0) is 11.3 Å². The molecule has 0 unspecified atom stereocenters. The average molecular weight is 320 g/mol. The Morgan fingerprint density at radius 3 is 2.87 bits per heavy atom. The van der Waals surface area contributed by atoms with Crippen molar-refractivity contribution in [3.05, 3.63) is 17.5 Å². The molecule has 0 saturated heterocycles. The number of hydrogen-bond donors (Lipinski definition) is 2. The van der Waals surface area contributed by atoms with E-state index in [1.165, 1.54) is 12.8 Å². The van der Waals surface area contributed by atoms with Gasteiger partial charge in [0.05, 0.1) is 7.11 Å². The lowest BCUT2D eigenvalue weighted by atomic mass is 9.82. The van der Waals surface area contributed by atoms with Gasteiger partial charge in [-0.05, 0) is 32.6 Å². The SMILES string of the molecule is CCNC(=O)C[C@@H]1CCCC[C@@H]1NCc1cnc(OC)nc1C. The van der Waals surface area contributed by atoms with E-state index < -0.39 is 0 Å². The van der Waals surface area contributed by atoms with Gasteiger partial charge in [0.15, 0.2) is 0 Å². The van der Waals surface area contributed by atoms with Gasteiger partial charge in [0.25, 0.3) is 0 Å². The monoisotopic (exact) mass is 320 g/mol. The smallest absolute Gasteiger partial charge is 0.316 e. The van der Waals surface area contributed by atoms with Crippen LogP contribution < -0.4 is 15.4 Å². The maximum atomic E-state index is 11.9. The van der Waals surface area contributed by atoms with Gasteiger partial charge < -0.3 is 15.4 Å². The highest BCUT2D eigenvalue weighted by Crippen LogP contribution is 2.27. The highest BCUT2D eigenvalue weighted by molar-refractivity contribution is 5.76. The number of aromatic nitrogens is 2. The molecule has 1 aromatic rings. The number of amides is 1. The molecule has 0 aliphatic heterocycles. The number of carbonyl (C=O) groups is 1. The molecule has 1 aliphatic carbocycles. The number of rotatable bonds is 7. The summed E-state index contributed by atoms with van der Waals surface area (Å²) in [7, 11) is 1.57. The van der Waals surface area contributed by atoms with Crippen LogP contribution in [0.25, 0.3) is 0 Å². The second-order valence-electron chi connectivity index (χ2n) is 6.16. The summed E-state index contributed by atoms with van der Waals surface area (Å²) in [5.74, 6) is 0.574. The molecular formula is C17H28N4O2. The van der Waals surface area contributed by atoms with Crippen LogP contribution in [0.15, 0.2) is 6.20 Å². The van der Waals surface area contributed by atoms with Crippen molar-refractivity contribution < 1.29 is 9.53 Å². The molecule has 1 aromatic heterocycles. The lowest BCUT2D eigenvalue weighted by molar-refractivity contribution is -0.122. The lowest BCUT2D eigenvalue weighted by Crippen LogP contribution is -2.40. The van der Waals surface area contributed by atoms with Gasteiger partial charge in [0.1, 0.15) is 0 Å². The van der Waals surface area contributed by atoms with Gasteiger partial charge in [-0.3, -0.25) is 4.79 Å². The number of carbonyl (C=O) groups excluding carboxylic acids is 1. The van der Waals surface area contributed by atoms with Crippen LogP contribution in [0.4, 0.5) is 0 Å². The predicted octanol–water partition coefficient (Wildman–Crippen LogP) is 1.97. The summed E-state index contributed by atoms with van der Waals surface area (Å²) < 4.78 is 5.04. The van der Waals surface area contributed by atoms with Crippen molar-refractivity contribution in [1.29, 1.82) is 0 Å². The summed E-state index contributed by atoms with van der Waals surface area (Å²) >= 11 is 0. The molecule has 1 aliphatic rings. The number of methoxy groups -OCH3 is 1. The van der Waals surface area contributed by atoms with Crippen LogP contribution >= 0.6 is 0 Å². The third-order valence-electron chi connectivity index (χ3n) is 4.53. The number of nitrogens with zero attached hydrogens (tertiary/aromatic N) is 2. The van der Waals surface area contributed by atoms with E-state index in [1.807, 2.05) is 20.0 Å². The highest BCUT2D eigenvalue weighted by atomic mass is 16.5. The Balaban J connectivity index is 1.92. The molecule has 1 fully saturated rings. The Labute approximate surface area is 138 Å². The topological polar surface area (TPSA) is 76.1 Å².